The average molecular weight is 1080 g/mol. The highest BCUT2D eigenvalue weighted by Gasteiger charge is 2.44. The van der Waals surface area contributed by atoms with Crippen molar-refractivity contribution in [3.8, 4) is 0 Å². The second-order valence-electron chi connectivity index (χ2n) is 19.2. The van der Waals surface area contributed by atoms with Crippen LogP contribution in [0.5, 0.6) is 0 Å². The number of ether oxygens (including phenoxy) is 6. The van der Waals surface area contributed by atoms with Gasteiger partial charge in [0.05, 0.1) is 70.4 Å². The highest BCUT2D eigenvalue weighted by Crippen LogP contribution is 2.24. The zero-order valence-corrected chi connectivity index (χ0v) is 43.4. The summed E-state index contributed by atoms with van der Waals surface area (Å²) in [7, 11) is 0. The summed E-state index contributed by atoms with van der Waals surface area (Å²) in [6, 6.07) is -1.04. The third-order valence-electron chi connectivity index (χ3n) is 12.9. The van der Waals surface area contributed by atoms with Crippen molar-refractivity contribution in [1.82, 2.24) is 26.2 Å². The van der Waals surface area contributed by atoms with Gasteiger partial charge in [-0.15, -0.1) is 0 Å². The van der Waals surface area contributed by atoms with Crippen LogP contribution < -0.4 is 21.3 Å². The van der Waals surface area contributed by atoms with Gasteiger partial charge in [-0.25, -0.2) is 0 Å². The SMILES string of the molecule is CCC(=O)CCCCC(=O)NCCCC[C@H](NC(=O)CNC(=O)CN(CC(=O)CCCO[C@@H]1O[C@@H](C)[C@@H](O)[C@@H](O)[C@@H]1O)CC(=O)NCCO[C@@H]1O[C@@H](C)[C@@H](O)[C@@H](O)[C@@H]1O)C(=O)CCCO[C@@H]1O[C@@H](C)[C@@H](O)[C@@H](O)[C@@H]1O. The molecule has 3 fully saturated rings. The summed E-state index contributed by atoms with van der Waals surface area (Å²) in [6.45, 7) is 3.86. The molecule has 0 aromatic heterocycles. The molecule has 27 heteroatoms. The van der Waals surface area contributed by atoms with Crippen LogP contribution >= 0.6 is 0 Å². The van der Waals surface area contributed by atoms with Crippen molar-refractivity contribution in [3.63, 3.8) is 0 Å². The number of rotatable bonds is 35. The monoisotopic (exact) mass is 1080 g/mol. The summed E-state index contributed by atoms with van der Waals surface area (Å²) < 4.78 is 32.7. The molecule has 16 atom stereocenters. The van der Waals surface area contributed by atoms with E-state index in [1.54, 1.807) is 6.92 Å². The Morgan fingerprint density at radius 1 is 0.467 bits per heavy atom. The van der Waals surface area contributed by atoms with Crippen molar-refractivity contribution in [2.45, 2.75) is 203 Å². The molecule has 0 unspecified atom stereocenters. The maximum Gasteiger partial charge on any atom is 0.239 e. The number of aliphatic hydroxyl groups is 9. The average Bonchev–Trinajstić information content (AvgIpc) is 3.37. The predicted molar refractivity (Wildman–Crippen MR) is 258 cm³/mol. The van der Waals surface area contributed by atoms with E-state index in [0.29, 0.717) is 38.5 Å². The van der Waals surface area contributed by atoms with Gasteiger partial charge in [0.25, 0.3) is 0 Å². The first-order valence-corrected chi connectivity index (χ1v) is 25.9. The molecule has 3 aliphatic heterocycles. The van der Waals surface area contributed by atoms with Crippen LogP contribution in [0.15, 0.2) is 0 Å². The van der Waals surface area contributed by atoms with Crippen LogP contribution in [0.2, 0.25) is 0 Å². The largest absolute Gasteiger partial charge is 0.388 e. The highest BCUT2D eigenvalue weighted by molar-refractivity contribution is 5.91. The first-order valence-electron chi connectivity index (χ1n) is 25.9. The first-order chi connectivity index (χ1) is 35.5. The molecule has 0 bridgehead atoms. The number of nitrogens with one attached hydrogen (secondary N) is 4. The second-order valence-corrected chi connectivity index (χ2v) is 19.2. The molecule has 3 heterocycles. The Morgan fingerprint density at radius 3 is 1.44 bits per heavy atom. The van der Waals surface area contributed by atoms with Crippen LogP contribution in [-0.4, -0.2) is 249 Å². The summed E-state index contributed by atoms with van der Waals surface area (Å²) in [5.41, 5.74) is 0. The summed E-state index contributed by atoms with van der Waals surface area (Å²) in [6.07, 6.45) is -16.4. The van der Waals surface area contributed by atoms with Gasteiger partial charge in [-0.05, 0) is 65.7 Å². The fourth-order valence-corrected chi connectivity index (χ4v) is 8.23. The van der Waals surface area contributed by atoms with Gasteiger partial charge < -0.3 is 95.6 Å². The van der Waals surface area contributed by atoms with E-state index in [1.165, 1.54) is 25.7 Å². The minimum absolute atomic E-state index is 0.0949. The van der Waals surface area contributed by atoms with Crippen molar-refractivity contribution in [3.05, 3.63) is 0 Å². The molecule has 3 rings (SSSR count). The van der Waals surface area contributed by atoms with Crippen LogP contribution in [-0.2, 0) is 62.0 Å². The molecule has 0 saturated carbocycles. The van der Waals surface area contributed by atoms with Gasteiger partial charge in [0.2, 0.25) is 23.6 Å². The van der Waals surface area contributed by atoms with E-state index in [-0.39, 0.29) is 83.1 Å². The normalized spacial score (nSPS) is 30.3. The van der Waals surface area contributed by atoms with Crippen LogP contribution in [0.25, 0.3) is 0 Å². The van der Waals surface area contributed by atoms with E-state index in [2.05, 4.69) is 21.3 Å². The number of aliphatic hydroxyl groups excluding tert-OH is 9. The summed E-state index contributed by atoms with van der Waals surface area (Å²) in [5.74, 6) is -3.08. The van der Waals surface area contributed by atoms with Crippen LogP contribution in [0.1, 0.15) is 105 Å². The van der Waals surface area contributed by atoms with Gasteiger partial charge in [0.1, 0.15) is 66.5 Å². The smallest absolute Gasteiger partial charge is 0.239 e. The molecule has 3 aliphatic rings. The number of hydrogen-bond donors (Lipinski definition) is 13. The lowest BCUT2D eigenvalue weighted by Crippen LogP contribution is -2.57. The van der Waals surface area contributed by atoms with Crippen LogP contribution in [0.3, 0.4) is 0 Å². The van der Waals surface area contributed by atoms with Gasteiger partial charge in [-0.1, -0.05) is 6.92 Å². The molecule has 27 nitrogen and oxygen atoms in total. The minimum Gasteiger partial charge on any atom is -0.388 e. The number of hydrogen-bond acceptors (Lipinski definition) is 23. The molecule has 0 aromatic carbocycles. The first kappa shape index (κ1) is 65.5. The second kappa shape index (κ2) is 34.2. The lowest BCUT2D eigenvalue weighted by molar-refractivity contribution is -0.293. The Labute approximate surface area is 436 Å². The zero-order chi connectivity index (χ0) is 55.8. The van der Waals surface area contributed by atoms with Crippen molar-refractivity contribution in [1.29, 1.82) is 0 Å². The lowest BCUT2D eigenvalue weighted by Gasteiger charge is -2.38. The summed E-state index contributed by atoms with van der Waals surface area (Å²) in [4.78, 5) is 91.3. The van der Waals surface area contributed by atoms with E-state index >= 15 is 0 Å². The Balaban J connectivity index is 1.57. The third-order valence-corrected chi connectivity index (χ3v) is 12.9. The van der Waals surface area contributed by atoms with Crippen molar-refractivity contribution in [2.75, 3.05) is 59.1 Å². The molecule has 0 spiro atoms. The van der Waals surface area contributed by atoms with Gasteiger partial charge in [0, 0.05) is 45.2 Å². The number of Topliss-reactive ketones (excluding diaryl/α,β-unsaturated/α-hetero) is 3. The number of carbonyl (C=O) groups excluding carboxylic acids is 7. The number of unbranched alkanes of at least 4 members (excludes halogenated alkanes) is 2. The van der Waals surface area contributed by atoms with E-state index in [9.17, 15) is 79.5 Å². The van der Waals surface area contributed by atoms with Gasteiger partial charge in [-0.3, -0.25) is 38.5 Å². The van der Waals surface area contributed by atoms with Crippen LogP contribution in [0.4, 0.5) is 0 Å². The fourth-order valence-electron chi connectivity index (χ4n) is 8.23. The molecule has 13 N–H and O–H groups in total. The Bertz CT molecular complexity index is 1730. The Morgan fingerprint density at radius 2 is 0.920 bits per heavy atom. The van der Waals surface area contributed by atoms with Gasteiger partial charge in [-0.2, -0.15) is 0 Å². The minimum atomic E-state index is -1.58. The van der Waals surface area contributed by atoms with Gasteiger partial charge in [0.15, 0.2) is 24.7 Å². The molecular weight excluding hydrogens is 999 g/mol. The number of nitrogens with zero attached hydrogens (tertiary/aromatic N) is 1. The summed E-state index contributed by atoms with van der Waals surface area (Å²) in [5, 5.41) is 101. The van der Waals surface area contributed by atoms with Crippen LogP contribution in [0, 0.1) is 0 Å². The molecular formula is C48H83N5O22. The maximum absolute atomic E-state index is 13.5. The molecule has 0 aromatic rings. The molecule has 75 heavy (non-hydrogen) atoms. The fraction of sp³-hybridized carbons (Fsp3) is 0.854. The Hall–Kier alpha value is -3.75. The number of ketones is 3. The van der Waals surface area contributed by atoms with E-state index in [4.69, 9.17) is 28.4 Å². The van der Waals surface area contributed by atoms with E-state index < -0.39 is 154 Å². The molecule has 3 saturated heterocycles. The maximum atomic E-state index is 13.5. The molecule has 432 valence electrons. The molecule has 0 aliphatic carbocycles. The standard InChI is InChI=1S/C48H83N5O22/c1-5-29(54)12-6-7-16-33(57)49-17-9-8-14-31(32(56)15-11-20-71-47-44(68)41(65)38(62)27(3)74-47)52-34(58)22-51-36(60)25-53(23-30(55)13-10-19-70-46-43(67)40(64)37(61)26(2)73-46)24-35(59)50-18-21-72-48-45(69)42(66)39(63)28(4)75-48/h26-28,31,37-48,61-69H,5-25H2,1-4H3,(H,49,57)(H,50,59)(H,51,60)(H,52,58)/t26-,27-,28-,31-,37+,38+,39+,40+,41+,42+,43-,44-,45-,46+,47+,48+/m0/s1. The quantitative estimate of drug-likeness (QED) is 0.0265. The van der Waals surface area contributed by atoms with E-state index in [0.717, 1.165) is 0 Å². The van der Waals surface area contributed by atoms with Crippen molar-refractivity contribution < 1.29 is 108 Å². The highest BCUT2D eigenvalue weighted by atomic mass is 16.7. The number of carbonyl (C=O) groups is 7. The third kappa shape index (κ3) is 23.0. The lowest BCUT2D eigenvalue weighted by atomic mass is 10.00. The van der Waals surface area contributed by atoms with Gasteiger partial charge >= 0.3 is 0 Å². The molecule has 0 radical (unpaired) electrons. The van der Waals surface area contributed by atoms with Crippen molar-refractivity contribution >= 4 is 41.0 Å². The number of amides is 4. The van der Waals surface area contributed by atoms with Crippen molar-refractivity contribution in [2.24, 2.45) is 0 Å². The predicted octanol–water partition coefficient (Wildman–Crippen LogP) is -4.94. The Kier molecular flexibility index (Phi) is 29.9. The van der Waals surface area contributed by atoms with E-state index in [1.807, 2.05) is 0 Å². The zero-order valence-electron chi connectivity index (χ0n) is 43.4. The summed E-state index contributed by atoms with van der Waals surface area (Å²) >= 11 is 0. The topological polar surface area (TPSA) is 408 Å². The molecule has 4 amide bonds.